The van der Waals surface area contributed by atoms with Crippen LogP contribution < -0.4 is 0 Å². The molecule has 0 aliphatic carbocycles. The number of aromatic nitrogens is 1. The first-order valence-corrected chi connectivity index (χ1v) is 8.56. The predicted octanol–water partition coefficient (Wildman–Crippen LogP) is 5.00. The van der Waals surface area contributed by atoms with Gasteiger partial charge >= 0.3 is 5.97 Å². The first-order valence-electron chi connectivity index (χ1n) is 7.60. The molecule has 1 atom stereocenters. The Morgan fingerprint density at radius 3 is 2.36 bits per heavy atom. The molecule has 6 heteroatoms. The van der Waals surface area contributed by atoms with Crippen LogP contribution in [-0.4, -0.2) is 21.3 Å². The van der Waals surface area contributed by atoms with Crippen molar-refractivity contribution in [2.45, 2.75) is 24.0 Å². The number of carboxylic acid groups (broad SMARTS) is 1. The summed E-state index contributed by atoms with van der Waals surface area (Å²) in [4.78, 5) is 15.1. The maximum atomic E-state index is 9.62. The summed E-state index contributed by atoms with van der Waals surface area (Å²) in [6.07, 6.45) is 1.69. The molecule has 4 nitrogen and oxygen atoms in total. The van der Waals surface area contributed by atoms with Gasteiger partial charge in [0.05, 0.1) is 5.25 Å². The second kappa shape index (κ2) is 8.78. The molecule has 25 heavy (non-hydrogen) atoms. The van der Waals surface area contributed by atoms with Crippen LogP contribution in [-0.2, 0) is 4.79 Å². The molecule has 1 N–H and O–H groups in total. The van der Waals surface area contributed by atoms with Crippen LogP contribution >= 0.6 is 25.3 Å². The molecule has 0 radical (unpaired) electrons. The summed E-state index contributed by atoms with van der Waals surface area (Å²) in [6.45, 7) is 3.53. The van der Waals surface area contributed by atoms with Gasteiger partial charge in [-0.1, -0.05) is 30.3 Å². The first-order chi connectivity index (χ1) is 11.9. The summed E-state index contributed by atoms with van der Waals surface area (Å²) < 4.78 is 5.56. The molecular formula is C19H19NO3S2. The highest BCUT2D eigenvalue weighted by Crippen LogP contribution is 2.26. The number of rotatable bonds is 3. The molecule has 0 spiro atoms. The number of carbonyl (C=O) groups is 1. The van der Waals surface area contributed by atoms with E-state index in [1.54, 1.807) is 6.26 Å². The predicted molar refractivity (Wildman–Crippen MR) is 105 cm³/mol. The third-order valence-corrected chi connectivity index (χ3v) is 4.10. The van der Waals surface area contributed by atoms with Gasteiger partial charge in [-0.3, -0.25) is 4.79 Å². The van der Waals surface area contributed by atoms with Gasteiger partial charge in [0.25, 0.3) is 0 Å². The van der Waals surface area contributed by atoms with Gasteiger partial charge in [-0.05, 0) is 37.6 Å². The molecule has 1 aromatic heterocycles. The molecule has 1 unspecified atom stereocenters. The van der Waals surface area contributed by atoms with Gasteiger partial charge in [-0.25, -0.2) is 4.98 Å². The monoisotopic (exact) mass is 373 g/mol. The Balaban J connectivity index is 0.000000326. The molecule has 130 valence electrons. The lowest BCUT2D eigenvalue weighted by Gasteiger charge is -2.00. The lowest BCUT2D eigenvalue weighted by atomic mass is 10.1. The summed E-state index contributed by atoms with van der Waals surface area (Å²) in [5.74, 6) is -0.242. The number of carboxylic acids is 1. The molecular weight excluding hydrogens is 354 g/mol. The highest BCUT2D eigenvalue weighted by Gasteiger charge is 2.09. The van der Waals surface area contributed by atoms with E-state index in [0.717, 1.165) is 27.3 Å². The van der Waals surface area contributed by atoms with E-state index in [9.17, 15) is 4.79 Å². The Labute approximate surface area is 157 Å². The van der Waals surface area contributed by atoms with Crippen LogP contribution in [0.25, 0.3) is 22.7 Å². The van der Waals surface area contributed by atoms with Gasteiger partial charge in [0.15, 0.2) is 0 Å². The highest BCUT2D eigenvalue weighted by atomic mass is 32.1. The number of oxazole rings is 1. The number of thiol groups is 2. The third-order valence-electron chi connectivity index (χ3n) is 3.37. The number of aliphatic carboxylic acids is 1. The van der Waals surface area contributed by atoms with E-state index in [-0.39, 0.29) is 0 Å². The number of hydrogen-bond acceptors (Lipinski definition) is 5. The Morgan fingerprint density at radius 2 is 1.80 bits per heavy atom. The Morgan fingerprint density at radius 1 is 1.16 bits per heavy atom. The van der Waals surface area contributed by atoms with Crippen LogP contribution in [0.15, 0.2) is 64.1 Å². The van der Waals surface area contributed by atoms with E-state index in [1.165, 1.54) is 6.92 Å². The normalized spacial score (nSPS) is 11.4. The second-order valence-electron chi connectivity index (χ2n) is 5.42. The van der Waals surface area contributed by atoms with Crippen LogP contribution in [0.4, 0.5) is 0 Å². The minimum Gasteiger partial charge on any atom is -0.480 e. The number of aryl methyl sites for hydroxylation is 1. The molecule has 0 aliphatic rings. The summed E-state index contributed by atoms with van der Waals surface area (Å²) in [6, 6.07) is 16.0. The molecule has 0 saturated heterocycles. The number of hydrogen-bond donors (Lipinski definition) is 3. The van der Waals surface area contributed by atoms with Crippen LogP contribution in [0.5, 0.6) is 0 Å². The summed E-state index contributed by atoms with van der Waals surface area (Å²) in [5.41, 5.74) is 3.99. The van der Waals surface area contributed by atoms with Gasteiger partial charge in [-0.15, -0.1) is 12.6 Å². The van der Waals surface area contributed by atoms with E-state index in [2.05, 4.69) is 30.2 Å². The Kier molecular flexibility index (Phi) is 6.73. The van der Waals surface area contributed by atoms with Gasteiger partial charge in [0.2, 0.25) is 5.89 Å². The Hall–Kier alpha value is -2.18. The van der Waals surface area contributed by atoms with Crippen molar-refractivity contribution in [1.29, 1.82) is 0 Å². The molecule has 0 amide bonds. The van der Waals surface area contributed by atoms with Crippen molar-refractivity contribution in [2.75, 3.05) is 0 Å². The molecule has 0 aliphatic heterocycles. The van der Waals surface area contributed by atoms with E-state index in [0.29, 0.717) is 5.89 Å². The quantitative estimate of drug-likeness (QED) is 0.566. The second-order valence-corrected chi connectivity index (χ2v) is 6.68. The highest BCUT2D eigenvalue weighted by molar-refractivity contribution is 7.81. The van der Waals surface area contributed by atoms with Crippen LogP contribution in [0.3, 0.4) is 0 Å². The fourth-order valence-corrected chi connectivity index (χ4v) is 2.08. The van der Waals surface area contributed by atoms with Crippen molar-refractivity contribution < 1.29 is 14.3 Å². The van der Waals surface area contributed by atoms with E-state index < -0.39 is 11.2 Å². The van der Waals surface area contributed by atoms with Gasteiger partial charge < -0.3 is 9.52 Å². The fourth-order valence-electron chi connectivity index (χ4n) is 1.94. The molecule has 0 saturated carbocycles. The van der Waals surface area contributed by atoms with Gasteiger partial charge in [-0.2, -0.15) is 12.6 Å². The van der Waals surface area contributed by atoms with Gasteiger partial charge in [0.1, 0.15) is 12.0 Å². The molecule has 1 heterocycles. The topological polar surface area (TPSA) is 63.3 Å². The summed E-state index contributed by atoms with van der Waals surface area (Å²) in [5, 5.41) is 7.38. The largest absolute Gasteiger partial charge is 0.480 e. The van der Waals surface area contributed by atoms with Crippen molar-refractivity contribution in [3.63, 3.8) is 0 Å². The van der Waals surface area contributed by atoms with E-state index in [1.807, 2.05) is 55.5 Å². The molecule has 0 fully saturated rings. The maximum absolute atomic E-state index is 9.62. The lowest BCUT2D eigenvalue weighted by Crippen LogP contribution is -2.06. The van der Waals surface area contributed by atoms with Crippen LogP contribution in [0, 0.1) is 6.92 Å². The van der Waals surface area contributed by atoms with Crippen molar-refractivity contribution in [1.82, 2.24) is 4.98 Å². The summed E-state index contributed by atoms with van der Waals surface area (Å²) >= 11 is 7.96. The maximum Gasteiger partial charge on any atom is 0.316 e. The molecule has 0 bridgehead atoms. The zero-order valence-corrected chi connectivity index (χ0v) is 15.7. The van der Waals surface area contributed by atoms with Crippen molar-refractivity contribution in [3.8, 4) is 22.7 Å². The number of benzene rings is 2. The van der Waals surface area contributed by atoms with Crippen molar-refractivity contribution >= 4 is 31.2 Å². The van der Waals surface area contributed by atoms with Crippen molar-refractivity contribution in [3.05, 3.63) is 60.4 Å². The minimum absolute atomic E-state index is 0.537. The van der Waals surface area contributed by atoms with E-state index in [4.69, 9.17) is 9.52 Å². The van der Waals surface area contributed by atoms with Crippen molar-refractivity contribution in [2.24, 2.45) is 0 Å². The molecule has 3 rings (SSSR count). The zero-order valence-electron chi connectivity index (χ0n) is 13.9. The lowest BCUT2D eigenvalue weighted by molar-refractivity contribution is -0.136. The van der Waals surface area contributed by atoms with Crippen LogP contribution in [0.2, 0.25) is 0 Å². The third kappa shape index (κ3) is 5.41. The molecule has 3 aromatic rings. The SMILES string of the molecule is CC(S)C(=O)O.Cc1cc(-c2nc(-c3ccccc3)co2)ccc1S. The average molecular weight is 373 g/mol. The standard InChI is InChI=1S/C16H13NOS.C3H6O2S/c1-11-9-13(7-8-15(11)19)16-17-14(10-18-16)12-5-3-2-4-6-12;1-2(6)3(4)5/h2-10,19H,1H3;2,6H,1H3,(H,4,5). The average Bonchev–Trinajstić information content (AvgIpc) is 3.09. The molecule has 2 aromatic carbocycles. The number of nitrogens with zero attached hydrogens (tertiary/aromatic N) is 1. The first kappa shape index (κ1) is 19.1. The minimum atomic E-state index is -0.877. The van der Waals surface area contributed by atoms with Gasteiger partial charge in [0, 0.05) is 16.0 Å². The Bertz CT molecular complexity index is 845. The smallest absolute Gasteiger partial charge is 0.316 e. The zero-order chi connectivity index (χ0) is 18.4. The van der Waals surface area contributed by atoms with Crippen LogP contribution in [0.1, 0.15) is 12.5 Å². The summed E-state index contributed by atoms with van der Waals surface area (Å²) in [7, 11) is 0. The fraction of sp³-hybridized carbons (Fsp3) is 0.158. The van der Waals surface area contributed by atoms with E-state index >= 15 is 0 Å².